The fourth-order valence-corrected chi connectivity index (χ4v) is 3.39. The highest BCUT2D eigenvalue weighted by atomic mass is 14.9. The van der Waals surface area contributed by atoms with Crippen molar-refractivity contribution in [1.29, 1.82) is 0 Å². The van der Waals surface area contributed by atoms with Gasteiger partial charge in [0.15, 0.2) is 0 Å². The summed E-state index contributed by atoms with van der Waals surface area (Å²) in [6.07, 6.45) is 2.49. The third kappa shape index (κ3) is 2.97. The van der Waals surface area contributed by atoms with Crippen molar-refractivity contribution in [2.45, 2.75) is 51.5 Å². The van der Waals surface area contributed by atoms with Crippen LogP contribution in [-0.4, -0.2) is 6.04 Å². The molecule has 1 nitrogen and oxygen atoms in total. The van der Waals surface area contributed by atoms with Gasteiger partial charge in [-0.3, -0.25) is 0 Å². The quantitative estimate of drug-likeness (QED) is 0.781. The van der Waals surface area contributed by atoms with E-state index < -0.39 is 0 Å². The number of aryl methyl sites for hydroxylation is 1. The van der Waals surface area contributed by atoms with Crippen LogP contribution in [0, 0.1) is 6.92 Å². The lowest BCUT2D eigenvalue weighted by Gasteiger charge is -2.38. The first-order valence-corrected chi connectivity index (χ1v) is 8.06. The summed E-state index contributed by atoms with van der Waals surface area (Å²) in [4.78, 5) is 0. The highest BCUT2D eigenvalue weighted by Crippen LogP contribution is 2.40. The van der Waals surface area contributed by atoms with E-state index in [1.165, 1.54) is 35.2 Å². The monoisotopic (exact) mass is 279 g/mol. The maximum Gasteiger partial charge on any atom is 0.0377 e. The zero-order valence-electron chi connectivity index (χ0n) is 13.3. The Morgan fingerprint density at radius 1 is 0.952 bits per heavy atom. The van der Waals surface area contributed by atoms with Crippen LogP contribution in [-0.2, 0) is 0 Å². The molecule has 3 rings (SSSR count). The minimum Gasteiger partial charge on any atom is -0.382 e. The Bertz CT molecular complexity index is 609. The van der Waals surface area contributed by atoms with Crippen LogP contribution in [0.3, 0.4) is 0 Å². The summed E-state index contributed by atoms with van der Waals surface area (Å²) in [5.74, 6) is 1.30. The number of rotatable bonds is 4. The highest BCUT2D eigenvalue weighted by molar-refractivity contribution is 5.53. The molecule has 2 aromatic carbocycles. The van der Waals surface area contributed by atoms with Gasteiger partial charge in [0.2, 0.25) is 0 Å². The number of hydrogen-bond donors (Lipinski definition) is 1. The van der Waals surface area contributed by atoms with Gasteiger partial charge >= 0.3 is 0 Å². The smallest absolute Gasteiger partial charge is 0.0377 e. The van der Waals surface area contributed by atoms with Crippen LogP contribution >= 0.6 is 0 Å². The molecule has 110 valence electrons. The van der Waals surface area contributed by atoms with E-state index in [0.717, 1.165) is 5.92 Å². The Hall–Kier alpha value is -1.76. The topological polar surface area (TPSA) is 12.0 Å². The normalized spacial score (nSPS) is 21.1. The lowest BCUT2D eigenvalue weighted by molar-refractivity contribution is 0.372. The summed E-state index contributed by atoms with van der Waals surface area (Å²) in [5, 5.41) is 3.75. The van der Waals surface area contributed by atoms with Crippen molar-refractivity contribution in [1.82, 2.24) is 0 Å². The van der Waals surface area contributed by atoms with Crippen LogP contribution in [0.25, 0.3) is 0 Å². The standard InChI is InChI=1S/C20H25N/c1-14(2)18-9-6-7-11-20(18)21-17-12-16(13-17)19-10-5-4-8-15(19)3/h4-11,14,16-17,21H,12-13H2,1-3H3. The van der Waals surface area contributed by atoms with Crippen LogP contribution in [0.2, 0.25) is 0 Å². The van der Waals surface area contributed by atoms with Gasteiger partial charge in [0.1, 0.15) is 0 Å². The molecule has 2 aromatic rings. The molecule has 0 unspecified atom stereocenters. The highest BCUT2D eigenvalue weighted by Gasteiger charge is 2.31. The first-order valence-electron chi connectivity index (χ1n) is 8.06. The van der Waals surface area contributed by atoms with Crippen molar-refractivity contribution < 1.29 is 0 Å². The van der Waals surface area contributed by atoms with Crippen LogP contribution in [0.15, 0.2) is 48.5 Å². The van der Waals surface area contributed by atoms with Crippen molar-refractivity contribution in [2.75, 3.05) is 5.32 Å². The van der Waals surface area contributed by atoms with E-state index in [1.807, 2.05) is 0 Å². The minimum absolute atomic E-state index is 0.570. The molecule has 0 atom stereocenters. The summed E-state index contributed by atoms with van der Waals surface area (Å²) in [6, 6.07) is 18.2. The zero-order valence-corrected chi connectivity index (χ0v) is 13.3. The van der Waals surface area contributed by atoms with E-state index in [4.69, 9.17) is 0 Å². The van der Waals surface area contributed by atoms with E-state index >= 15 is 0 Å². The summed E-state index contributed by atoms with van der Waals surface area (Å²) in [5.41, 5.74) is 5.72. The first-order chi connectivity index (χ1) is 10.1. The first kappa shape index (κ1) is 14.2. The van der Waals surface area contributed by atoms with Gasteiger partial charge in [-0.15, -0.1) is 0 Å². The maximum atomic E-state index is 3.75. The van der Waals surface area contributed by atoms with Crippen molar-refractivity contribution in [3.05, 3.63) is 65.2 Å². The fourth-order valence-electron chi connectivity index (χ4n) is 3.39. The molecule has 0 radical (unpaired) electrons. The number of hydrogen-bond acceptors (Lipinski definition) is 1. The molecule has 1 aliphatic carbocycles. The van der Waals surface area contributed by atoms with Crippen LogP contribution < -0.4 is 5.32 Å². The molecule has 0 saturated heterocycles. The number of para-hydroxylation sites is 1. The molecular formula is C20H25N. The van der Waals surface area contributed by atoms with Gasteiger partial charge in [-0.2, -0.15) is 0 Å². The van der Waals surface area contributed by atoms with Crippen molar-refractivity contribution in [3.8, 4) is 0 Å². The second kappa shape index (κ2) is 5.93. The summed E-state index contributed by atoms with van der Waals surface area (Å²) < 4.78 is 0. The second-order valence-corrected chi connectivity index (χ2v) is 6.61. The van der Waals surface area contributed by atoms with Crippen LogP contribution in [0.1, 0.15) is 55.2 Å². The van der Waals surface area contributed by atoms with Gasteiger partial charge in [-0.05, 0) is 54.4 Å². The van der Waals surface area contributed by atoms with Gasteiger partial charge in [-0.25, -0.2) is 0 Å². The molecule has 1 aliphatic rings. The number of nitrogens with one attached hydrogen (secondary N) is 1. The molecular weight excluding hydrogens is 254 g/mol. The molecule has 0 bridgehead atoms. The summed E-state index contributed by atoms with van der Waals surface area (Å²) in [7, 11) is 0. The summed E-state index contributed by atoms with van der Waals surface area (Å²) >= 11 is 0. The number of benzene rings is 2. The summed E-state index contributed by atoms with van der Waals surface area (Å²) in [6.45, 7) is 6.75. The van der Waals surface area contributed by atoms with Crippen LogP contribution in [0.4, 0.5) is 5.69 Å². The maximum absolute atomic E-state index is 3.75. The molecule has 0 heterocycles. The predicted octanol–water partition coefficient (Wildman–Crippen LogP) is 5.48. The largest absolute Gasteiger partial charge is 0.382 e. The van der Waals surface area contributed by atoms with Crippen LogP contribution in [0.5, 0.6) is 0 Å². The van der Waals surface area contributed by atoms with Crippen molar-refractivity contribution in [3.63, 3.8) is 0 Å². The van der Waals surface area contributed by atoms with Gasteiger partial charge in [0, 0.05) is 11.7 Å². The molecule has 1 saturated carbocycles. The van der Waals surface area contributed by atoms with Crippen molar-refractivity contribution >= 4 is 5.69 Å². The van der Waals surface area contributed by atoms with E-state index in [0.29, 0.717) is 12.0 Å². The molecule has 0 amide bonds. The predicted molar refractivity (Wildman–Crippen MR) is 91.1 cm³/mol. The second-order valence-electron chi connectivity index (χ2n) is 6.61. The SMILES string of the molecule is Cc1ccccc1C1CC(Nc2ccccc2C(C)C)C1. The fraction of sp³-hybridized carbons (Fsp3) is 0.400. The molecule has 0 spiro atoms. The molecule has 1 N–H and O–H groups in total. The lowest BCUT2D eigenvalue weighted by Crippen LogP contribution is -2.34. The number of anilines is 1. The van der Waals surface area contributed by atoms with Gasteiger partial charge in [0.25, 0.3) is 0 Å². The van der Waals surface area contributed by atoms with E-state index in [-0.39, 0.29) is 0 Å². The third-order valence-corrected chi connectivity index (χ3v) is 4.71. The molecule has 1 fully saturated rings. The van der Waals surface area contributed by atoms with Gasteiger partial charge in [-0.1, -0.05) is 56.3 Å². The molecule has 0 aromatic heterocycles. The Morgan fingerprint density at radius 2 is 1.62 bits per heavy atom. The van der Waals surface area contributed by atoms with E-state index in [2.05, 4.69) is 74.6 Å². The zero-order chi connectivity index (χ0) is 14.8. The Labute approximate surface area is 128 Å². The van der Waals surface area contributed by atoms with E-state index in [1.54, 1.807) is 0 Å². The Morgan fingerprint density at radius 3 is 2.33 bits per heavy atom. The Kier molecular flexibility index (Phi) is 4.01. The third-order valence-electron chi connectivity index (χ3n) is 4.71. The van der Waals surface area contributed by atoms with E-state index in [9.17, 15) is 0 Å². The van der Waals surface area contributed by atoms with Gasteiger partial charge in [0.05, 0.1) is 0 Å². The molecule has 21 heavy (non-hydrogen) atoms. The van der Waals surface area contributed by atoms with Crippen molar-refractivity contribution in [2.24, 2.45) is 0 Å². The molecule has 0 aliphatic heterocycles. The lowest BCUT2D eigenvalue weighted by atomic mass is 9.74. The average Bonchev–Trinajstić information content (AvgIpc) is 2.44. The van der Waals surface area contributed by atoms with Gasteiger partial charge < -0.3 is 5.32 Å². The average molecular weight is 279 g/mol. The minimum atomic E-state index is 0.570. The Balaban J connectivity index is 1.64. The molecule has 1 heteroatoms.